The molecule has 0 saturated heterocycles. The van der Waals surface area contributed by atoms with Crippen LogP contribution in [0.3, 0.4) is 0 Å². The molecule has 0 atom stereocenters. The maximum absolute atomic E-state index is 6.10. The van der Waals surface area contributed by atoms with Crippen molar-refractivity contribution in [1.29, 1.82) is 0 Å². The van der Waals surface area contributed by atoms with Crippen molar-refractivity contribution in [3.05, 3.63) is 162 Å². The molecule has 204 valence electrons. The quantitative estimate of drug-likeness (QED) is 0.204. The summed E-state index contributed by atoms with van der Waals surface area (Å²) in [6, 6.07) is 44.9. The Hall–Kier alpha value is -5.48. The lowest BCUT2D eigenvalue weighted by molar-refractivity contribution is 0.481. The summed E-state index contributed by atoms with van der Waals surface area (Å²) in [6.45, 7) is 0. The number of hydrogen-bond donors (Lipinski definition) is 2. The van der Waals surface area contributed by atoms with Crippen molar-refractivity contribution in [1.82, 2.24) is 0 Å². The van der Waals surface area contributed by atoms with E-state index in [9.17, 15) is 0 Å². The van der Waals surface area contributed by atoms with E-state index >= 15 is 0 Å². The highest BCUT2D eigenvalue weighted by Crippen LogP contribution is 2.43. The van der Waals surface area contributed by atoms with E-state index in [0.29, 0.717) is 11.4 Å². The molecule has 0 aliphatic heterocycles. The Kier molecular flexibility index (Phi) is 6.37. The van der Waals surface area contributed by atoms with Crippen LogP contribution < -0.4 is 20.9 Å². The van der Waals surface area contributed by atoms with Crippen molar-refractivity contribution in [3.8, 4) is 23.0 Å². The zero-order valence-electron chi connectivity index (χ0n) is 23.0. The highest BCUT2D eigenvalue weighted by atomic mass is 16.5. The molecular weight excluding hydrogens is 516 g/mol. The van der Waals surface area contributed by atoms with Gasteiger partial charge in [-0.05, 0) is 118 Å². The third-order valence-electron chi connectivity index (χ3n) is 7.99. The second-order valence-corrected chi connectivity index (χ2v) is 10.8. The van der Waals surface area contributed by atoms with Crippen LogP contribution in [-0.2, 0) is 11.8 Å². The molecule has 0 amide bonds. The van der Waals surface area contributed by atoms with Gasteiger partial charge in [-0.15, -0.1) is 0 Å². The second-order valence-electron chi connectivity index (χ2n) is 10.8. The van der Waals surface area contributed by atoms with Gasteiger partial charge in [0.15, 0.2) is 0 Å². The molecule has 7 rings (SSSR count). The summed E-state index contributed by atoms with van der Waals surface area (Å²) >= 11 is 0. The van der Waals surface area contributed by atoms with Crippen LogP contribution in [0.2, 0.25) is 0 Å². The second kappa shape index (κ2) is 10.5. The Morgan fingerprint density at radius 2 is 0.929 bits per heavy atom. The predicted molar refractivity (Wildman–Crippen MR) is 172 cm³/mol. The predicted octanol–water partition coefficient (Wildman–Crippen LogP) is 9.14. The lowest BCUT2D eigenvalue weighted by atomic mass is 9.67. The molecule has 4 heteroatoms. The molecule has 1 aliphatic carbocycles. The number of nitrogens with two attached hydrogens (primary N) is 2. The standard InChI is InChI=1S/C38H30N2O2/c39-32-9-17-36(18-10-32)41-34-13-5-30(6-14-34)38(22-21-28-23-26-3-1-2-4-27(26)24-29(28)25-38)31-7-15-35(16-8-31)42-37-19-11-33(40)12-20-37/h1-24H,25,39-40H2. The van der Waals surface area contributed by atoms with Crippen molar-refractivity contribution in [2.75, 3.05) is 11.5 Å². The zero-order chi connectivity index (χ0) is 28.5. The molecule has 0 fully saturated rings. The van der Waals surface area contributed by atoms with Crippen LogP contribution in [0.25, 0.3) is 16.8 Å². The van der Waals surface area contributed by atoms with Crippen LogP contribution in [0.4, 0.5) is 11.4 Å². The van der Waals surface area contributed by atoms with Gasteiger partial charge in [0.25, 0.3) is 0 Å². The summed E-state index contributed by atoms with van der Waals surface area (Å²) in [5, 5.41) is 2.50. The molecule has 0 unspecified atom stereocenters. The number of nitrogen functional groups attached to an aromatic ring is 2. The summed E-state index contributed by atoms with van der Waals surface area (Å²) < 4.78 is 12.2. The van der Waals surface area contributed by atoms with Gasteiger partial charge in [-0.25, -0.2) is 0 Å². The van der Waals surface area contributed by atoms with E-state index in [2.05, 4.69) is 72.8 Å². The number of rotatable bonds is 6. The van der Waals surface area contributed by atoms with Crippen molar-refractivity contribution in [2.45, 2.75) is 11.8 Å². The fraction of sp³-hybridized carbons (Fsp3) is 0.0526. The average Bonchev–Trinajstić information content (AvgIpc) is 3.03. The number of ether oxygens (including phenoxy) is 2. The number of hydrogen-bond acceptors (Lipinski definition) is 4. The Morgan fingerprint density at radius 1 is 0.500 bits per heavy atom. The summed E-state index contributed by atoms with van der Waals surface area (Å²) in [4.78, 5) is 0. The number of fused-ring (bicyclic) bond motifs is 2. The molecular formula is C38H30N2O2. The van der Waals surface area contributed by atoms with E-state index in [1.165, 1.54) is 33.0 Å². The molecule has 4 nitrogen and oxygen atoms in total. The molecule has 6 aromatic rings. The van der Waals surface area contributed by atoms with E-state index in [0.717, 1.165) is 29.4 Å². The fourth-order valence-electron chi connectivity index (χ4n) is 5.75. The topological polar surface area (TPSA) is 70.5 Å². The number of allylic oxidation sites excluding steroid dienone is 1. The minimum atomic E-state index is -0.366. The Morgan fingerprint density at radius 3 is 1.40 bits per heavy atom. The van der Waals surface area contributed by atoms with Crippen LogP contribution in [0.5, 0.6) is 23.0 Å². The first-order chi connectivity index (χ1) is 20.5. The summed E-state index contributed by atoms with van der Waals surface area (Å²) in [5.74, 6) is 3.05. The molecule has 0 aromatic heterocycles. The van der Waals surface area contributed by atoms with Gasteiger partial charge < -0.3 is 20.9 Å². The van der Waals surface area contributed by atoms with Crippen LogP contribution in [0.1, 0.15) is 22.3 Å². The highest BCUT2D eigenvalue weighted by molar-refractivity contribution is 5.87. The maximum Gasteiger partial charge on any atom is 0.127 e. The minimum Gasteiger partial charge on any atom is -0.457 e. The minimum absolute atomic E-state index is 0.366. The lowest BCUT2D eigenvalue weighted by Crippen LogP contribution is -2.30. The van der Waals surface area contributed by atoms with E-state index in [4.69, 9.17) is 20.9 Å². The van der Waals surface area contributed by atoms with Crippen molar-refractivity contribution >= 4 is 28.2 Å². The van der Waals surface area contributed by atoms with Crippen LogP contribution in [0, 0.1) is 0 Å². The summed E-state index contributed by atoms with van der Waals surface area (Å²) in [7, 11) is 0. The molecule has 1 aliphatic rings. The largest absolute Gasteiger partial charge is 0.457 e. The van der Waals surface area contributed by atoms with Gasteiger partial charge in [-0.1, -0.05) is 66.7 Å². The van der Waals surface area contributed by atoms with Crippen LogP contribution in [-0.4, -0.2) is 0 Å². The van der Waals surface area contributed by atoms with Crippen molar-refractivity contribution in [2.24, 2.45) is 0 Å². The molecule has 4 N–H and O–H groups in total. The van der Waals surface area contributed by atoms with Crippen LogP contribution in [0.15, 0.2) is 140 Å². The first-order valence-electron chi connectivity index (χ1n) is 14.0. The average molecular weight is 547 g/mol. The normalized spacial score (nSPS) is 13.4. The summed E-state index contributed by atoms with van der Waals surface area (Å²) in [6.07, 6.45) is 5.44. The molecule has 0 saturated carbocycles. The maximum atomic E-state index is 6.10. The van der Waals surface area contributed by atoms with E-state index in [1.807, 2.05) is 72.8 Å². The van der Waals surface area contributed by atoms with Gasteiger partial charge >= 0.3 is 0 Å². The SMILES string of the molecule is Nc1ccc(Oc2ccc(C3(c4ccc(Oc5ccc(N)cc5)cc4)C=Cc4cc5ccccc5cc4C3)cc2)cc1. The van der Waals surface area contributed by atoms with Gasteiger partial charge in [-0.3, -0.25) is 0 Å². The first kappa shape index (κ1) is 25.5. The van der Waals surface area contributed by atoms with Gasteiger partial charge in [0.2, 0.25) is 0 Å². The van der Waals surface area contributed by atoms with Gasteiger partial charge in [0, 0.05) is 16.8 Å². The lowest BCUT2D eigenvalue weighted by Gasteiger charge is -2.36. The molecule has 0 radical (unpaired) electrons. The van der Waals surface area contributed by atoms with E-state index < -0.39 is 0 Å². The monoisotopic (exact) mass is 546 g/mol. The smallest absolute Gasteiger partial charge is 0.127 e. The molecule has 42 heavy (non-hydrogen) atoms. The summed E-state index contributed by atoms with van der Waals surface area (Å²) in [5.41, 5.74) is 17.7. The fourth-order valence-corrected chi connectivity index (χ4v) is 5.75. The Labute approximate surface area is 245 Å². The highest BCUT2D eigenvalue weighted by Gasteiger charge is 2.35. The zero-order valence-corrected chi connectivity index (χ0v) is 23.0. The van der Waals surface area contributed by atoms with Gasteiger partial charge in [0.05, 0.1) is 0 Å². The molecule has 0 heterocycles. The molecule has 0 bridgehead atoms. The molecule has 0 spiro atoms. The van der Waals surface area contributed by atoms with Crippen LogP contribution >= 0.6 is 0 Å². The third-order valence-corrected chi connectivity index (χ3v) is 7.99. The molecule has 6 aromatic carbocycles. The van der Waals surface area contributed by atoms with Crippen molar-refractivity contribution < 1.29 is 9.47 Å². The first-order valence-corrected chi connectivity index (χ1v) is 14.0. The number of benzene rings is 6. The Balaban J connectivity index is 1.26. The third kappa shape index (κ3) is 4.95. The van der Waals surface area contributed by atoms with E-state index in [-0.39, 0.29) is 5.41 Å². The van der Waals surface area contributed by atoms with Crippen molar-refractivity contribution in [3.63, 3.8) is 0 Å². The number of anilines is 2. The van der Waals surface area contributed by atoms with Gasteiger partial charge in [-0.2, -0.15) is 0 Å². The van der Waals surface area contributed by atoms with E-state index in [1.54, 1.807) is 0 Å². The van der Waals surface area contributed by atoms with Gasteiger partial charge in [0.1, 0.15) is 23.0 Å². The Bertz CT molecular complexity index is 1800.